The maximum atomic E-state index is 12.3. The summed E-state index contributed by atoms with van der Waals surface area (Å²) in [5, 5.41) is 1.16. The van der Waals surface area contributed by atoms with Gasteiger partial charge in [0.2, 0.25) is 0 Å². The number of ketones is 1. The molecule has 0 fully saturated rings. The monoisotopic (exact) mass is 456 g/mol. The van der Waals surface area contributed by atoms with E-state index < -0.39 is 0 Å². The van der Waals surface area contributed by atoms with Crippen LogP contribution in [-0.4, -0.2) is 17.7 Å². The van der Waals surface area contributed by atoms with Gasteiger partial charge in [-0.3, -0.25) is 4.79 Å². The lowest BCUT2D eigenvalue weighted by molar-refractivity contribution is -0.124. The first-order valence-corrected chi connectivity index (χ1v) is 13.0. The molecule has 0 aromatic rings. The molecule has 0 radical (unpaired) electrons. The number of carbonyl (C=O) groups excluding carboxylic acids is 1. The Balaban J connectivity index is 1.87. The van der Waals surface area contributed by atoms with Crippen molar-refractivity contribution in [1.82, 2.24) is 0 Å². The Labute approximate surface area is 183 Å². The second-order valence-corrected chi connectivity index (χ2v) is 10.0. The van der Waals surface area contributed by atoms with Gasteiger partial charge in [-0.1, -0.05) is 107 Å². The Morgan fingerprint density at radius 3 is 1.68 bits per heavy atom. The number of rotatable bonds is 17. The number of hydrogen-bond donors (Lipinski definition) is 0. The minimum atomic E-state index is -0.204. The van der Waals surface area contributed by atoms with Gasteiger partial charge in [0.1, 0.15) is 5.76 Å². The van der Waals surface area contributed by atoms with Gasteiger partial charge in [-0.25, -0.2) is 0 Å². The number of alkyl halides is 1. The fraction of sp³-hybridized carbons (Fsp3) is 0.880. The van der Waals surface area contributed by atoms with Crippen molar-refractivity contribution in [2.24, 2.45) is 5.41 Å². The van der Waals surface area contributed by atoms with Crippen LogP contribution in [0.5, 0.6) is 0 Å². The summed E-state index contributed by atoms with van der Waals surface area (Å²) < 4.78 is 5.93. The summed E-state index contributed by atoms with van der Waals surface area (Å²) in [6, 6.07) is 0. The van der Waals surface area contributed by atoms with Gasteiger partial charge in [-0.15, -0.1) is 0 Å². The minimum absolute atomic E-state index is 0.204. The molecular weight excluding hydrogens is 412 g/mol. The van der Waals surface area contributed by atoms with E-state index in [0.29, 0.717) is 0 Å². The molecule has 0 amide bonds. The van der Waals surface area contributed by atoms with Crippen LogP contribution < -0.4 is 0 Å². The quantitative estimate of drug-likeness (QED) is 0.162. The average molecular weight is 458 g/mol. The van der Waals surface area contributed by atoms with Crippen molar-refractivity contribution < 1.29 is 9.53 Å². The summed E-state index contributed by atoms with van der Waals surface area (Å²) >= 11 is 3.50. The van der Waals surface area contributed by atoms with E-state index in [1.807, 2.05) is 20.8 Å². The van der Waals surface area contributed by atoms with Gasteiger partial charge in [0, 0.05) is 22.7 Å². The van der Waals surface area contributed by atoms with E-state index in [1.54, 1.807) is 0 Å². The number of carbonyl (C=O) groups is 1. The lowest BCUT2D eigenvalue weighted by Crippen LogP contribution is -2.30. The third kappa shape index (κ3) is 11.0. The first-order valence-electron chi connectivity index (χ1n) is 11.9. The lowest BCUT2D eigenvalue weighted by Gasteiger charge is -2.30. The highest BCUT2D eigenvalue weighted by Crippen LogP contribution is 2.35. The number of Topliss-reactive ketones (excluding diaryl/α,β-unsaturated/α-hetero) is 1. The molecule has 0 aliphatic heterocycles. The SMILES string of the molecule is CC1=C(OCCCCCCCCCCCCCCCCBr)CCC(C)(C)C1=O. The van der Waals surface area contributed by atoms with Gasteiger partial charge >= 0.3 is 0 Å². The van der Waals surface area contributed by atoms with E-state index >= 15 is 0 Å². The third-order valence-corrected chi connectivity index (χ3v) is 6.72. The summed E-state index contributed by atoms with van der Waals surface area (Å²) in [5.41, 5.74) is 0.652. The van der Waals surface area contributed by atoms with Crippen LogP contribution in [0.2, 0.25) is 0 Å². The first-order chi connectivity index (χ1) is 13.5. The van der Waals surface area contributed by atoms with Crippen molar-refractivity contribution in [2.45, 2.75) is 124 Å². The summed E-state index contributed by atoms with van der Waals surface area (Å²) in [4.78, 5) is 12.3. The van der Waals surface area contributed by atoms with Gasteiger partial charge < -0.3 is 4.74 Å². The van der Waals surface area contributed by atoms with E-state index in [9.17, 15) is 4.79 Å². The highest BCUT2D eigenvalue weighted by Gasteiger charge is 2.34. The lowest BCUT2D eigenvalue weighted by atomic mass is 9.76. The molecule has 0 N–H and O–H groups in total. The molecule has 0 bridgehead atoms. The molecule has 3 heteroatoms. The van der Waals surface area contributed by atoms with E-state index in [2.05, 4.69) is 15.9 Å². The van der Waals surface area contributed by atoms with E-state index in [0.717, 1.165) is 42.5 Å². The number of hydrogen-bond acceptors (Lipinski definition) is 2. The Bertz CT molecular complexity index is 453. The van der Waals surface area contributed by atoms with Crippen LogP contribution >= 0.6 is 15.9 Å². The largest absolute Gasteiger partial charge is 0.498 e. The Kier molecular flexibility index (Phi) is 14.3. The molecule has 0 heterocycles. The van der Waals surface area contributed by atoms with Gasteiger partial charge in [-0.05, 0) is 26.2 Å². The van der Waals surface area contributed by atoms with Crippen LogP contribution in [0.4, 0.5) is 0 Å². The number of allylic oxidation sites excluding steroid dienone is 2. The first kappa shape index (κ1) is 25.7. The molecule has 28 heavy (non-hydrogen) atoms. The standard InChI is InChI=1S/C25H45BrO2/c1-22-23(18-19-25(2,3)24(22)27)28-21-17-15-13-11-9-7-5-4-6-8-10-12-14-16-20-26/h4-21H2,1-3H3. The average Bonchev–Trinajstić information content (AvgIpc) is 2.67. The molecule has 1 aliphatic rings. The molecule has 0 saturated carbocycles. The second-order valence-electron chi connectivity index (χ2n) is 9.25. The van der Waals surface area contributed by atoms with E-state index in [-0.39, 0.29) is 11.2 Å². The maximum absolute atomic E-state index is 12.3. The molecular formula is C25H45BrO2. The van der Waals surface area contributed by atoms with Crippen molar-refractivity contribution in [3.8, 4) is 0 Å². The molecule has 0 aromatic heterocycles. The van der Waals surface area contributed by atoms with Crippen LogP contribution in [0.15, 0.2) is 11.3 Å². The predicted molar refractivity (Wildman–Crippen MR) is 125 cm³/mol. The van der Waals surface area contributed by atoms with E-state index in [4.69, 9.17) is 4.74 Å². The van der Waals surface area contributed by atoms with Crippen molar-refractivity contribution >= 4 is 21.7 Å². The number of unbranched alkanes of at least 4 members (excludes halogenated alkanes) is 13. The number of halogens is 1. The normalized spacial score (nSPS) is 16.6. The van der Waals surface area contributed by atoms with E-state index in [1.165, 1.54) is 83.5 Å². The zero-order valence-corrected chi connectivity index (χ0v) is 20.5. The van der Waals surface area contributed by atoms with Crippen LogP contribution in [0.3, 0.4) is 0 Å². The van der Waals surface area contributed by atoms with Crippen molar-refractivity contribution in [2.75, 3.05) is 11.9 Å². The molecule has 0 spiro atoms. The molecule has 0 aromatic carbocycles. The Hall–Kier alpha value is -0.310. The summed E-state index contributed by atoms with van der Waals surface area (Å²) in [5.74, 6) is 1.22. The van der Waals surface area contributed by atoms with Crippen LogP contribution in [0.1, 0.15) is 124 Å². The zero-order chi connectivity index (χ0) is 20.7. The van der Waals surface area contributed by atoms with Crippen LogP contribution in [0.25, 0.3) is 0 Å². The van der Waals surface area contributed by atoms with Crippen molar-refractivity contribution in [3.05, 3.63) is 11.3 Å². The molecule has 1 rings (SSSR count). The molecule has 0 unspecified atom stereocenters. The fourth-order valence-corrected chi connectivity index (χ4v) is 4.45. The number of ether oxygens (including phenoxy) is 1. The van der Waals surface area contributed by atoms with Crippen LogP contribution in [0, 0.1) is 5.41 Å². The Morgan fingerprint density at radius 2 is 1.21 bits per heavy atom. The third-order valence-electron chi connectivity index (χ3n) is 6.15. The van der Waals surface area contributed by atoms with Crippen LogP contribution in [-0.2, 0) is 9.53 Å². The van der Waals surface area contributed by atoms with Crippen molar-refractivity contribution in [1.29, 1.82) is 0 Å². The van der Waals surface area contributed by atoms with Gasteiger partial charge in [-0.2, -0.15) is 0 Å². The molecule has 1 aliphatic carbocycles. The summed E-state index contributed by atoms with van der Waals surface area (Å²) in [6.45, 7) is 6.80. The Morgan fingerprint density at radius 1 is 0.786 bits per heavy atom. The maximum Gasteiger partial charge on any atom is 0.167 e. The van der Waals surface area contributed by atoms with Gasteiger partial charge in [0.05, 0.1) is 6.61 Å². The zero-order valence-electron chi connectivity index (χ0n) is 18.9. The topological polar surface area (TPSA) is 26.3 Å². The minimum Gasteiger partial charge on any atom is -0.498 e. The molecule has 0 atom stereocenters. The summed E-state index contributed by atoms with van der Waals surface area (Å²) in [7, 11) is 0. The highest BCUT2D eigenvalue weighted by atomic mass is 79.9. The molecule has 0 saturated heterocycles. The highest BCUT2D eigenvalue weighted by molar-refractivity contribution is 9.09. The molecule has 164 valence electrons. The smallest absolute Gasteiger partial charge is 0.167 e. The predicted octanol–water partition coefficient (Wildman–Crippen LogP) is 8.52. The summed E-state index contributed by atoms with van der Waals surface area (Å²) in [6.07, 6.45) is 21.0. The molecule has 2 nitrogen and oxygen atoms in total. The van der Waals surface area contributed by atoms with Crippen molar-refractivity contribution in [3.63, 3.8) is 0 Å². The fourth-order valence-electron chi connectivity index (χ4n) is 4.05. The second kappa shape index (κ2) is 15.5. The van der Waals surface area contributed by atoms with Gasteiger partial charge in [0.25, 0.3) is 0 Å². The van der Waals surface area contributed by atoms with Gasteiger partial charge in [0.15, 0.2) is 5.78 Å².